The highest BCUT2D eigenvalue weighted by Gasteiger charge is 2.43. The van der Waals surface area contributed by atoms with E-state index in [9.17, 15) is 43.9 Å². The third kappa shape index (κ3) is 6.13. The summed E-state index contributed by atoms with van der Waals surface area (Å²) >= 11 is 6.18. The van der Waals surface area contributed by atoms with Crippen LogP contribution in [0.4, 0.5) is 40.3 Å². The number of aromatic nitrogens is 3. The molecule has 0 saturated heterocycles. The van der Waals surface area contributed by atoms with Crippen LogP contribution in [0.3, 0.4) is 0 Å². The van der Waals surface area contributed by atoms with Crippen molar-refractivity contribution in [2.75, 3.05) is 20.7 Å². The minimum atomic E-state index is -4.95. The number of nitrogens with one attached hydrogen (secondary N) is 4. The lowest BCUT2D eigenvalue weighted by Crippen LogP contribution is -2.32. The molecule has 53 heavy (non-hydrogen) atoms. The maximum atomic E-state index is 13.9. The SMILES string of the molecule is Cc1c(Nc2nc(Cl)nc(Nc3cccc(S(=O)(=O)O)c3)n2)c(C)c(S(=O)(=O)O)c(C)c1Nc1cc2c(c3c1C(=O)c1ccccc1C3=O)NS2(=O)=O. The Hall–Kier alpha value is -5.51. The molecule has 1 aliphatic heterocycles. The van der Waals surface area contributed by atoms with E-state index >= 15 is 0 Å². The fourth-order valence-electron chi connectivity index (χ4n) is 6.35. The summed E-state index contributed by atoms with van der Waals surface area (Å²) in [6.45, 7) is 4.32. The zero-order valence-electron chi connectivity index (χ0n) is 27.3. The first-order valence-corrected chi connectivity index (χ1v) is 19.8. The van der Waals surface area contributed by atoms with E-state index in [4.69, 9.17) is 11.6 Å². The van der Waals surface area contributed by atoms with Crippen molar-refractivity contribution in [3.05, 3.63) is 98.8 Å². The Morgan fingerprint density at radius 2 is 1.30 bits per heavy atom. The van der Waals surface area contributed by atoms with Crippen molar-refractivity contribution < 1.29 is 43.9 Å². The lowest BCUT2D eigenvalue weighted by atomic mass is 9.82. The van der Waals surface area contributed by atoms with Crippen LogP contribution in [0, 0.1) is 20.8 Å². The van der Waals surface area contributed by atoms with E-state index in [2.05, 4.69) is 35.6 Å². The summed E-state index contributed by atoms with van der Waals surface area (Å²) < 4.78 is 96.5. The quantitative estimate of drug-likeness (QED) is 0.110. The zero-order valence-corrected chi connectivity index (χ0v) is 30.5. The van der Waals surface area contributed by atoms with Crippen LogP contribution in [0.25, 0.3) is 0 Å². The topological polar surface area (TPSA) is 264 Å². The lowest BCUT2D eigenvalue weighted by molar-refractivity contribution is 0.0980. The Morgan fingerprint density at radius 3 is 1.89 bits per heavy atom. The van der Waals surface area contributed by atoms with Crippen molar-refractivity contribution in [1.29, 1.82) is 0 Å². The number of hydrogen-bond donors (Lipinski definition) is 6. The first-order chi connectivity index (χ1) is 24.8. The molecule has 0 saturated carbocycles. The summed E-state index contributed by atoms with van der Waals surface area (Å²) in [5.41, 5.74) is 0.0988. The summed E-state index contributed by atoms with van der Waals surface area (Å²) in [6.07, 6.45) is 0. The van der Waals surface area contributed by atoms with E-state index < -0.39 is 51.6 Å². The van der Waals surface area contributed by atoms with Gasteiger partial charge in [-0.05, 0) is 73.3 Å². The number of carbonyl (C=O) groups excluding carboxylic acids is 2. The third-order valence-corrected chi connectivity index (χ3v) is 12.1. The molecule has 0 bridgehead atoms. The van der Waals surface area contributed by atoms with E-state index in [1.54, 1.807) is 19.1 Å². The number of benzene rings is 4. The minimum absolute atomic E-state index is 0.00564. The van der Waals surface area contributed by atoms with Gasteiger partial charge in [-0.3, -0.25) is 23.4 Å². The fraction of sp³-hybridized carbons (Fsp3) is 0.0938. The van der Waals surface area contributed by atoms with Crippen molar-refractivity contribution in [1.82, 2.24) is 15.0 Å². The van der Waals surface area contributed by atoms with Gasteiger partial charge in [0.05, 0.1) is 33.1 Å². The molecule has 21 heteroatoms. The highest BCUT2D eigenvalue weighted by molar-refractivity contribution is 7.94. The molecule has 7 rings (SSSR count). The van der Waals surface area contributed by atoms with Crippen LogP contribution in [0.2, 0.25) is 5.28 Å². The summed E-state index contributed by atoms with van der Waals surface area (Å²) in [4.78, 5) is 38.7. The highest BCUT2D eigenvalue weighted by Crippen LogP contribution is 2.48. The second-order valence-electron chi connectivity index (χ2n) is 11.9. The molecule has 0 spiro atoms. The Labute approximate surface area is 306 Å². The van der Waals surface area contributed by atoms with Crippen molar-refractivity contribution in [3.8, 4) is 0 Å². The number of rotatable bonds is 8. The van der Waals surface area contributed by atoms with Gasteiger partial charge < -0.3 is 16.0 Å². The molecule has 2 heterocycles. The molecule has 2 aliphatic rings. The van der Waals surface area contributed by atoms with Gasteiger partial charge in [-0.2, -0.15) is 31.8 Å². The van der Waals surface area contributed by atoms with Crippen LogP contribution < -0.4 is 20.7 Å². The molecule has 0 atom stereocenters. The number of fused-ring (bicyclic) bond motifs is 4. The van der Waals surface area contributed by atoms with E-state index in [1.807, 2.05) is 0 Å². The summed E-state index contributed by atoms with van der Waals surface area (Å²) in [5.74, 6) is -1.63. The molecule has 1 aromatic heterocycles. The van der Waals surface area contributed by atoms with E-state index in [-0.39, 0.29) is 89.5 Å². The third-order valence-electron chi connectivity index (χ3n) is 8.62. The van der Waals surface area contributed by atoms with Crippen LogP contribution in [0.5, 0.6) is 0 Å². The van der Waals surface area contributed by atoms with Crippen molar-refractivity contribution in [2.45, 2.75) is 35.5 Å². The van der Waals surface area contributed by atoms with Crippen LogP contribution in [-0.4, -0.2) is 60.9 Å². The van der Waals surface area contributed by atoms with Gasteiger partial charge >= 0.3 is 0 Å². The van der Waals surface area contributed by atoms with Crippen LogP contribution in [0.15, 0.2) is 69.3 Å². The number of carbonyl (C=O) groups is 2. The fourth-order valence-corrected chi connectivity index (χ4v) is 9.15. The van der Waals surface area contributed by atoms with Gasteiger partial charge in [0.15, 0.2) is 11.6 Å². The molecule has 5 aromatic rings. The predicted molar refractivity (Wildman–Crippen MR) is 192 cm³/mol. The Balaban J connectivity index is 1.36. The Kier molecular flexibility index (Phi) is 8.32. The van der Waals surface area contributed by atoms with Crippen LogP contribution in [0.1, 0.15) is 48.5 Å². The number of anilines is 7. The molecule has 0 amide bonds. The van der Waals surface area contributed by atoms with Gasteiger partial charge in [0, 0.05) is 22.5 Å². The number of sulfonamides is 1. The molecule has 17 nitrogen and oxygen atoms in total. The molecule has 6 N–H and O–H groups in total. The second-order valence-corrected chi connectivity index (χ2v) is 16.7. The monoisotopic (exact) mass is 797 g/mol. The van der Waals surface area contributed by atoms with Crippen LogP contribution >= 0.6 is 11.6 Å². The summed E-state index contributed by atoms with van der Waals surface area (Å²) in [5, 5.41) is 8.26. The molecule has 272 valence electrons. The van der Waals surface area contributed by atoms with E-state index in [0.29, 0.717) is 0 Å². The first kappa shape index (κ1) is 35.9. The lowest BCUT2D eigenvalue weighted by Gasteiger charge is -2.31. The smallest absolute Gasteiger partial charge is 0.295 e. The number of halogens is 1. The highest BCUT2D eigenvalue weighted by atomic mass is 35.5. The number of nitrogens with zero attached hydrogens (tertiary/aromatic N) is 3. The molecule has 0 unspecified atom stereocenters. The summed E-state index contributed by atoms with van der Waals surface area (Å²) in [7, 11) is -13.5. The predicted octanol–water partition coefficient (Wildman–Crippen LogP) is 5.06. The molecule has 4 aromatic carbocycles. The average Bonchev–Trinajstić information content (AvgIpc) is 3.06. The standard InChI is InChI=1S/C32H24ClN7O10S3/c1-13-24(35-20-12-21-26(40-51(21,43)44)23-22(20)27(41)18-9-4-5-10-19(18)28(23)42)14(2)29(53(48,49)50)15(3)25(13)36-32-38-30(33)37-31(39-32)34-16-7-6-8-17(11-16)52(45,46)47/h4-12,35,40H,1-3H3,(H,45,46,47)(H,48,49,50)(H2,34,36,37,38,39). The van der Waals surface area contributed by atoms with Crippen molar-refractivity contribution >= 4 is 93.8 Å². The van der Waals surface area contributed by atoms with Gasteiger partial charge in [0.25, 0.3) is 30.3 Å². The van der Waals surface area contributed by atoms with Gasteiger partial charge in [0.2, 0.25) is 17.2 Å². The molecular formula is C32H24ClN7O10S3. The number of ketones is 2. The molecule has 1 aliphatic carbocycles. The van der Waals surface area contributed by atoms with Crippen molar-refractivity contribution in [2.24, 2.45) is 0 Å². The first-order valence-electron chi connectivity index (χ1n) is 15.1. The zero-order chi connectivity index (χ0) is 38.4. The number of hydrogen-bond acceptors (Lipinski definition) is 14. The second kappa shape index (κ2) is 12.3. The molecule has 0 radical (unpaired) electrons. The Morgan fingerprint density at radius 1 is 0.717 bits per heavy atom. The van der Waals surface area contributed by atoms with Gasteiger partial charge in [-0.25, -0.2) is 8.42 Å². The van der Waals surface area contributed by atoms with Gasteiger partial charge in [0.1, 0.15) is 9.79 Å². The average molecular weight is 798 g/mol. The maximum absolute atomic E-state index is 13.9. The minimum Gasteiger partial charge on any atom is -0.354 e. The van der Waals surface area contributed by atoms with E-state index in [1.165, 1.54) is 44.2 Å². The van der Waals surface area contributed by atoms with Crippen molar-refractivity contribution in [3.63, 3.8) is 0 Å². The van der Waals surface area contributed by atoms with Gasteiger partial charge in [-0.1, -0.05) is 30.3 Å². The molecule has 0 fully saturated rings. The van der Waals surface area contributed by atoms with Gasteiger partial charge in [-0.15, -0.1) is 0 Å². The van der Waals surface area contributed by atoms with E-state index in [0.717, 1.165) is 12.1 Å². The van der Waals surface area contributed by atoms with Crippen LogP contribution in [-0.2, 0) is 30.3 Å². The summed E-state index contributed by atoms with van der Waals surface area (Å²) in [6, 6.07) is 12.3. The maximum Gasteiger partial charge on any atom is 0.295 e. The normalized spacial score (nSPS) is 14.3. The largest absolute Gasteiger partial charge is 0.354 e. The molecular weight excluding hydrogens is 774 g/mol. The Bertz CT molecular complexity index is 2850.